The van der Waals surface area contributed by atoms with Crippen molar-refractivity contribution in [3.63, 3.8) is 0 Å². The van der Waals surface area contributed by atoms with E-state index < -0.39 is 0 Å². The third-order valence-corrected chi connectivity index (χ3v) is 6.00. The highest BCUT2D eigenvalue weighted by Crippen LogP contribution is 2.36. The molecule has 0 bridgehead atoms. The second-order valence-electron chi connectivity index (χ2n) is 7.18. The van der Waals surface area contributed by atoms with Crippen LogP contribution in [-0.2, 0) is 6.42 Å². The summed E-state index contributed by atoms with van der Waals surface area (Å²) < 4.78 is 2.61. The van der Waals surface area contributed by atoms with E-state index in [9.17, 15) is 4.79 Å². The number of fused-ring (bicyclic) bond motifs is 1. The Bertz CT molecular complexity index is 1240. The topological polar surface area (TPSA) is 63.6 Å². The maximum Gasteiger partial charge on any atom is 0.284 e. The van der Waals surface area contributed by atoms with Gasteiger partial charge in [0.2, 0.25) is 0 Å². The number of halogens is 4. The first-order chi connectivity index (χ1) is 14.2. The minimum absolute atomic E-state index is 0.0345. The Morgan fingerprint density at radius 1 is 1.07 bits per heavy atom. The van der Waals surface area contributed by atoms with Crippen LogP contribution in [-0.4, -0.2) is 19.7 Å². The van der Waals surface area contributed by atoms with Crippen LogP contribution in [0.1, 0.15) is 36.8 Å². The molecule has 4 rings (SSSR count). The first-order valence-electron chi connectivity index (χ1n) is 9.15. The minimum atomic E-state index is -0.341. The van der Waals surface area contributed by atoms with Gasteiger partial charge in [-0.15, -0.1) is 0 Å². The number of aromatic nitrogens is 4. The molecular weight excluding hydrogens is 511 g/mol. The van der Waals surface area contributed by atoms with Crippen molar-refractivity contribution in [3.8, 4) is 17.1 Å². The molecule has 0 aliphatic carbocycles. The van der Waals surface area contributed by atoms with Gasteiger partial charge in [0, 0.05) is 15.9 Å². The summed E-state index contributed by atoms with van der Waals surface area (Å²) >= 11 is 22.4. The Labute approximate surface area is 196 Å². The van der Waals surface area contributed by atoms with Crippen molar-refractivity contribution in [3.05, 3.63) is 83.4 Å². The standard InChI is InChI=1S/C21H16BrCl3N4O/c1-10(2)18-17-20(29(28-18)19-14(24)8-13(23)9-15(19)25)26-16(27-21(17)30)7-11-3-5-12(22)6-4-11/h3-6,8-10,28H,7H2,1-2H3. The van der Waals surface area contributed by atoms with E-state index in [0.717, 1.165) is 10.0 Å². The Morgan fingerprint density at radius 2 is 1.70 bits per heavy atom. The molecule has 0 fully saturated rings. The number of H-pyrrole nitrogens is 1. The second kappa shape index (κ2) is 8.35. The van der Waals surface area contributed by atoms with Crippen molar-refractivity contribution in [1.82, 2.24) is 19.7 Å². The number of benzene rings is 2. The Balaban J connectivity index is 1.93. The van der Waals surface area contributed by atoms with Crippen LogP contribution < -0.4 is 5.56 Å². The zero-order valence-corrected chi connectivity index (χ0v) is 19.9. The van der Waals surface area contributed by atoms with E-state index in [1.807, 2.05) is 38.1 Å². The Morgan fingerprint density at radius 3 is 2.30 bits per heavy atom. The van der Waals surface area contributed by atoms with Gasteiger partial charge in [-0.05, 0) is 35.7 Å². The summed E-state index contributed by atoms with van der Waals surface area (Å²) in [6.07, 6.45) is 0.419. The maximum absolute atomic E-state index is 13.0. The molecule has 2 aromatic rings. The lowest BCUT2D eigenvalue weighted by Crippen LogP contribution is -2.17. The number of nitrogens with one attached hydrogen (secondary N) is 1. The second-order valence-corrected chi connectivity index (χ2v) is 9.35. The molecule has 2 aliphatic heterocycles. The van der Waals surface area contributed by atoms with Gasteiger partial charge in [-0.3, -0.25) is 9.89 Å². The van der Waals surface area contributed by atoms with Gasteiger partial charge in [-0.1, -0.05) is 76.7 Å². The van der Waals surface area contributed by atoms with Gasteiger partial charge >= 0.3 is 0 Å². The normalized spacial score (nSPS) is 11.6. The van der Waals surface area contributed by atoms with E-state index in [-0.39, 0.29) is 11.5 Å². The molecule has 9 heteroatoms. The molecule has 2 heterocycles. The molecule has 0 unspecified atom stereocenters. The van der Waals surface area contributed by atoms with Crippen LogP contribution in [0.15, 0.2) is 45.7 Å². The van der Waals surface area contributed by atoms with E-state index in [1.54, 1.807) is 16.8 Å². The summed E-state index contributed by atoms with van der Waals surface area (Å²) in [6, 6.07) is 11.0. The smallest absolute Gasteiger partial charge is 0.284 e. The number of hydrogen-bond acceptors (Lipinski definition) is 3. The van der Waals surface area contributed by atoms with Gasteiger partial charge in [0.1, 0.15) is 17.1 Å². The van der Waals surface area contributed by atoms with Crippen LogP contribution in [0.2, 0.25) is 15.1 Å². The summed E-state index contributed by atoms with van der Waals surface area (Å²) in [5.74, 6) is 0.878. The average Bonchev–Trinajstić information content (AvgIpc) is 3.03. The first kappa shape index (κ1) is 21.4. The van der Waals surface area contributed by atoms with Crippen molar-refractivity contribution in [2.75, 3.05) is 0 Å². The molecule has 1 N–H and O–H groups in total. The van der Waals surface area contributed by atoms with Crippen molar-refractivity contribution in [1.29, 1.82) is 0 Å². The molecule has 2 aromatic carbocycles. The largest absolute Gasteiger partial charge is 0.295 e. The van der Waals surface area contributed by atoms with Crippen LogP contribution >= 0.6 is 50.7 Å². The summed E-state index contributed by atoms with van der Waals surface area (Å²) in [5.41, 5.74) is 2.27. The number of hydrogen-bond donors (Lipinski definition) is 1. The molecule has 0 atom stereocenters. The van der Waals surface area contributed by atoms with Crippen molar-refractivity contribution in [2.24, 2.45) is 0 Å². The third kappa shape index (κ3) is 4.02. The lowest BCUT2D eigenvalue weighted by Gasteiger charge is -2.11. The van der Waals surface area contributed by atoms with Crippen molar-refractivity contribution >= 4 is 50.7 Å². The molecule has 0 saturated carbocycles. The summed E-state index contributed by atoms with van der Waals surface area (Å²) in [4.78, 5) is 21.9. The molecule has 0 spiro atoms. The van der Waals surface area contributed by atoms with Crippen LogP contribution in [0.3, 0.4) is 0 Å². The molecule has 0 radical (unpaired) electrons. The number of rotatable bonds is 4. The zero-order chi connectivity index (χ0) is 21.6. The summed E-state index contributed by atoms with van der Waals surface area (Å²) in [5, 5.41) is 4.35. The van der Waals surface area contributed by atoms with Gasteiger partial charge in [0.25, 0.3) is 5.56 Å². The highest BCUT2D eigenvalue weighted by Gasteiger charge is 2.27. The van der Waals surface area contributed by atoms with Gasteiger partial charge < -0.3 is 0 Å². The number of aromatic amines is 1. The van der Waals surface area contributed by atoms with E-state index in [2.05, 4.69) is 26.0 Å². The highest BCUT2D eigenvalue weighted by molar-refractivity contribution is 9.10. The van der Waals surface area contributed by atoms with E-state index in [0.29, 0.717) is 50.1 Å². The first-order valence-corrected chi connectivity index (χ1v) is 11.1. The lowest BCUT2D eigenvalue weighted by atomic mass is 10.1. The molecule has 154 valence electrons. The maximum atomic E-state index is 13.0. The van der Waals surface area contributed by atoms with E-state index >= 15 is 0 Å². The monoisotopic (exact) mass is 524 g/mol. The molecular formula is C21H16BrCl3N4O. The predicted molar refractivity (Wildman–Crippen MR) is 125 cm³/mol. The van der Waals surface area contributed by atoms with Crippen LogP contribution in [0, 0.1) is 0 Å². The van der Waals surface area contributed by atoms with Gasteiger partial charge in [-0.2, -0.15) is 4.98 Å². The molecule has 0 saturated heterocycles. The average molecular weight is 527 g/mol. The summed E-state index contributed by atoms with van der Waals surface area (Å²) in [7, 11) is 0. The van der Waals surface area contributed by atoms with Crippen LogP contribution in [0.25, 0.3) is 17.1 Å². The van der Waals surface area contributed by atoms with Crippen LogP contribution in [0.4, 0.5) is 0 Å². The fourth-order valence-corrected chi connectivity index (χ4v) is 4.54. The van der Waals surface area contributed by atoms with E-state index in [4.69, 9.17) is 39.8 Å². The summed E-state index contributed by atoms with van der Waals surface area (Å²) in [6.45, 7) is 3.96. The Kier molecular flexibility index (Phi) is 5.95. The van der Waals surface area contributed by atoms with Gasteiger partial charge in [0.05, 0.1) is 15.7 Å². The zero-order valence-electron chi connectivity index (χ0n) is 16.0. The lowest BCUT2D eigenvalue weighted by molar-refractivity contribution is 0.771. The highest BCUT2D eigenvalue weighted by atomic mass is 79.9. The molecule has 2 aliphatic rings. The minimum Gasteiger partial charge on any atom is -0.295 e. The number of nitrogens with zero attached hydrogens (tertiary/aromatic N) is 3. The van der Waals surface area contributed by atoms with E-state index in [1.165, 1.54) is 0 Å². The third-order valence-electron chi connectivity index (χ3n) is 4.67. The van der Waals surface area contributed by atoms with Crippen molar-refractivity contribution in [2.45, 2.75) is 26.2 Å². The quantitative estimate of drug-likeness (QED) is 0.330. The Hall–Kier alpha value is -1.86. The fourth-order valence-electron chi connectivity index (χ4n) is 3.29. The van der Waals surface area contributed by atoms with Gasteiger partial charge in [0.15, 0.2) is 5.82 Å². The molecule has 0 aromatic heterocycles. The molecule has 5 nitrogen and oxygen atoms in total. The fraction of sp³-hybridized carbons (Fsp3) is 0.190. The SMILES string of the molecule is CC(C)c1[nH]n(-c2c(Cl)cc(Cl)cc2Cl)c2nc(Cc3ccc(Br)cc3)nc(=O)c1-2. The predicted octanol–water partition coefficient (Wildman–Crippen LogP) is 6.50. The molecule has 0 amide bonds. The van der Waals surface area contributed by atoms with Crippen LogP contribution in [0.5, 0.6) is 0 Å². The van der Waals surface area contributed by atoms with Crippen molar-refractivity contribution < 1.29 is 0 Å². The van der Waals surface area contributed by atoms with Gasteiger partial charge in [-0.25, -0.2) is 9.67 Å². The molecule has 30 heavy (non-hydrogen) atoms.